The van der Waals surface area contributed by atoms with E-state index in [1.165, 1.54) is 18.2 Å². The highest BCUT2D eigenvalue weighted by Crippen LogP contribution is 2.26. The van der Waals surface area contributed by atoms with Gasteiger partial charge in [0.05, 0.1) is 5.02 Å². The van der Waals surface area contributed by atoms with Crippen LogP contribution in [0.5, 0.6) is 5.75 Å². The third-order valence-electron chi connectivity index (χ3n) is 3.25. The Balaban J connectivity index is 1.94. The van der Waals surface area contributed by atoms with Crippen molar-refractivity contribution in [2.45, 2.75) is 0 Å². The quantitative estimate of drug-likeness (QED) is 0.734. The van der Waals surface area contributed by atoms with Crippen LogP contribution in [0.4, 0.5) is 5.69 Å². The number of amides is 1. The molecule has 21 heavy (non-hydrogen) atoms. The van der Waals surface area contributed by atoms with Gasteiger partial charge in [-0.2, -0.15) is 0 Å². The fourth-order valence-corrected chi connectivity index (χ4v) is 2.36. The van der Waals surface area contributed by atoms with Gasteiger partial charge in [0, 0.05) is 16.6 Å². The van der Waals surface area contributed by atoms with Gasteiger partial charge in [-0.1, -0.05) is 48.0 Å². The van der Waals surface area contributed by atoms with Crippen molar-refractivity contribution in [2.24, 2.45) is 0 Å². The van der Waals surface area contributed by atoms with Gasteiger partial charge in [0.1, 0.15) is 5.75 Å². The fraction of sp³-hybridized carbons (Fsp3) is 0. The second-order valence-electron chi connectivity index (χ2n) is 4.65. The van der Waals surface area contributed by atoms with Gasteiger partial charge in [-0.05, 0) is 29.7 Å². The van der Waals surface area contributed by atoms with E-state index in [1.54, 1.807) is 0 Å². The molecule has 3 aromatic carbocycles. The maximum absolute atomic E-state index is 12.3. The molecule has 0 fully saturated rings. The molecule has 3 rings (SSSR count). The first-order chi connectivity index (χ1) is 10.1. The number of hydrogen-bond donors (Lipinski definition) is 2. The number of carbonyl (C=O) groups excluding carboxylic acids is 1. The van der Waals surface area contributed by atoms with Crippen LogP contribution in [0.1, 0.15) is 10.4 Å². The van der Waals surface area contributed by atoms with Gasteiger partial charge < -0.3 is 10.4 Å². The monoisotopic (exact) mass is 297 g/mol. The number of fused-ring (bicyclic) bond motifs is 1. The molecule has 104 valence electrons. The Kier molecular flexibility index (Phi) is 3.50. The van der Waals surface area contributed by atoms with Gasteiger partial charge >= 0.3 is 0 Å². The number of rotatable bonds is 2. The minimum Gasteiger partial charge on any atom is -0.506 e. The summed E-state index contributed by atoms with van der Waals surface area (Å²) in [5.41, 5.74) is 1.13. The van der Waals surface area contributed by atoms with Crippen LogP contribution in [0.3, 0.4) is 0 Å². The summed E-state index contributed by atoms with van der Waals surface area (Å²) in [6.07, 6.45) is 0. The Morgan fingerprint density at radius 2 is 1.76 bits per heavy atom. The molecule has 0 bridgehead atoms. The minimum absolute atomic E-state index is 0.0432. The Morgan fingerprint density at radius 1 is 1.00 bits per heavy atom. The number of anilines is 1. The molecule has 2 N–H and O–H groups in total. The number of benzene rings is 3. The average Bonchev–Trinajstić information content (AvgIpc) is 2.50. The number of halogens is 1. The SMILES string of the molecule is O=C(Nc1cccc2ccccc12)c1ccc(O)c(Cl)c1. The van der Waals surface area contributed by atoms with Crippen molar-refractivity contribution in [1.82, 2.24) is 0 Å². The Labute approximate surface area is 126 Å². The van der Waals surface area contributed by atoms with E-state index in [-0.39, 0.29) is 16.7 Å². The van der Waals surface area contributed by atoms with Crippen LogP contribution < -0.4 is 5.32 Å². The average molecular weight is 298 g/mol. The van der Waals surface area contributed by atoms with Crippen molar-refractivity contribution in [2.75, 3.05) is 5.32 Å². The third-order valence-corrected chi connectivity index (χ3v) is 3.55. The highest BCUT2D eigenvalue weighted by atomic mass is 35.5. The third kappa shape index (κ3) is 2.69. The number of phenols is 1. The number of carbonyl (C=O) groups is 1. The smallest absolute Gasteiger partial charge is 0.255 e. The molecule has 0 aliphatic heterocycles. The maximum atomic E-state index is 12.3. The predicted molar refractivity (Wildman–Crippen MR) is 85.0 cm³/mol. The van der Waals surface area contributed by atoms with Crippen LogP contribution in [0.15, 0.2) is 60.7 Å². The Morgan fingerprint density at radius 3 is 2.57 bits per heavy atom. The normalized spacial score (nSPS) is 10.5. The standard InChI is InChI=1S/C17H12ClNO2/c18-14-10-12(8-9-16(14)20)17(21)19-15-7-3-5-11-4-1-2-6-13(11)15/h1-10,20H,(H,19,21). The molecule has 1 amide bonds. The highest BCUT2D eigenvalue weighted by molar-refractivity contribution is 6.32. The second kappa shape index (κ2) is 5.46. The summed E-state index contributed by atoms with van der Waals surface area (Å²) in [7, 11) is 0. The van der Waals surface area contributed by atoms with E-state index in [1.807, 2.05) is 42.5 Å². The lowest BCUT2D eigenvalue weighted by molar-refractivity contribution is 0.102. The molecule has 0 atom stereocenters. The van der Waals surface area contributed by atoms with Crippen LogP contribution in [-0.4, -0.2) is 11.0 Å². The number of nitrogens with one attached hydrogen (secondary N) is 1. The molecular formula is C17H12ClNO2. The molecule has 3 aromatic rings. The zero-order valence-corrected chi connectivity index (χ0v) is 11.8. The molecule has 0 aromatic heterocycles. The van der Waals surface area contributed by atoms with Crippen molar-refractivity contribution in [3.05, 3.63) is 71.2 Å². The molecule has 0 spiro atoms. The molecule has 0 saturated heterocycles. The molecule has 3 nitrogen and oxygen atoms in total. The number of hydrogen-bond acceptors (Lipinski definition) is 2. The van der Waals surface area contributed by atoms with Crippen LogP contribution >= 0.6 is 11.6 Å². The maximum Gasteiger partial charge on any atom is 0.255 e. The van der Waals surface area contributed by atoms with Crippen molar-refractivity contribution < 1.29 is 9.90 Å². The van der Waals surface area contributed by atoms with Gasteiger partial charge in [0.25, 0.3) is 5.91 Å². The van der Waals surface area contributed by atoms with Crippen molar-refractivity contribution in [1.29, 1.82) is 0 Å². The molecule has 0 saturated carbocycles. The molecule has 0 aliphatic rings. The lowest BCUT2D eigenvalue weighted by Gasteiger charge is -2.09. The molecular weight excluding hydrogens is 286 g/mol. The van der Waals surface area contributed by atoms with Crippen LogP contribution in [0.25, 0.3) is 10.8 Å². The first kappa shape index (κ1) is 13.5. The van der Waals surface area contributed by atoms with Gasteiger partial charge in [-0.3, -0.25) is 4.79 Å². The lowest BCUT2D eigenvalue weighted by Crippen LogP contribution is -2.12. The van der Waals surface area contributed by atoms with Crippen molar-refractivity contribution in [3.63, 3.8) is 0 Å². The molecule has 0 unspecified atom stereocenters. The predicted octanol–water partition coefficient (Wildman–Crippen LogP) is 4.45. The van der Waals surface area contributed by atoms with Crippen molar-refractivity contribution in [3.8, 4) is 5.75 Å². The van der Waals surface area contributed by atoms with E-state index < -0.39 is 0 Å². The summed E-state index contributed by atoms with van der Waals surface area (Å²) in [6, 6.07) is 17.9. The summed E-state index contributed by atoms with van der Waals surface area (Å²) in [5.74, 6) is -0.313. The molecule has 0 aliphatic carbocycles. The topological polar surface area (TPSA) is 49.3 Å². The van der Waals surface area contributed by atoms with E-state index in [0.717, 1.165) is 16.5 Å². The largest absolute Gasteiger partial charge is 0.506 e. The molecule has 0 radical (unpaired) electrons. The van der Waals surface area contributed by atoms with Gasteiger partial charge in [0.15, 0.2) is 0 Å². The second-order valence-corrected chi connectivity index (χ2v) is 5.05. The first-order valence-electron chi connectivity index (χ1n) is 6.43. The van der Waals surface area contributed by atoms with E-state index in [2.05, 4.69) is 5.32 Å². The van der Waals surface area contributed by atoms with Gasteiger partial charge in [-0.15, -0.1) is 0 Å². The molecule has 4 heteroatoms. The molecule has 0 heterocycles. The number of aromatic hydroxyl groups is 1. The number of phenolic OH excluding ortho intramolecular Hbond substituents is 1. The van der Waals surface area contributed by atoms with Gasteiger partial charge in [0.2, 0.25) is 0 Å². The summed E-state index contributed by atoms with van der Waals surface area (Å²) >= 11 is 5.83. The lowest BCUT2D eigenvalue weighted by atomic mass is 10.1. The Hall–Kier alpha value is -2.52. The van der Waals surface area contributed by atoms with Crippen molar-refractivity contribution >= 4 is 34.0 Å². The van der Waals surface area contributed by atoms with Crippen LogP contribution in [0.2, 0.25) is 5.02 Å². The zero-order valence-electron chi connectivity index (χ0n) is 11.0. The summed E-state index contributed by atoms with van der Waals surface area (Å²) in [4.78, 5) is 12.3. The van der Waals surface area contributed by atoms with Crippen LogP contribution in [-0.2, 0) is 0 Å². The van der Waals surface area contributed by atoms with E-state index in [4.69, 9.17) is 11.6 Å². The van der Waals surface area contributed by atoms with E-state index >= 15 is 0 Å². The first-order valence-corrected chi connectivity index (χ1v) is 6.80. The van der Waals surface area contributed by atoms with Crippen LogP contribution in [0, 0.1) is 0 Å². The van der Waals surface area contributed by atoms with E-state index in [9.17, 15) is 9.90 Å². The fourth-order valence-electron chi connectivity index (χ4n) is 2.18. The summed E-state index contributed by atoms with van der Waals surface area (Å²) in [6.45, 7) is 0. The summed E-state index contributed by atoms with van der Waals surface area (Å²) in [5, 5.41) is 14.4. The Bertz CT molecular complexity index is 825. The highest BCUT2D eigenvalue weighted by Gasteiger charge is 2.10. The van der Waals surface area contributed by atoms with E-state index in [0.29, 0.717) is 5.56 Å². The minimum atomic E-state index is -0.270. The summed E-state index contributed by atoms with van der Waals surface area (Å²) < 4.78 is 0. The zero-order chi connectivity index (χ0) is 14.8. The van der Waals surface area contributed by atoms with Gasteiger partial charge in [-0.25, -0.2) is 0 Å².